The van der Waals surface area contributed by atoms with Crippen molar-refractivity contribution in [1.82, 2.24) is 20.4 Å². The van der Waals surface area contributed by atoms with Gasteiger partial charge in [-0.3, -0.25) is 10.2 Å². The van der Waals surface area contributed by atoms with Gasteiger partial charge < -0.3 is 9.47 Å². The third-order valence-corrected chi connectivity index (χ3v) is 4.73. The molecule has 142 valence electrons. The molecule has 2 fully saturated rings. The summed E-state index contributed by atoms with van der Waals surface area (Å²) in [4.78, 5) is 0. The highest BCUT2D eigenvalue weighted by Gasteiger charge is 2.19. The number of nitrogens with zero attached hydrogens (tertiary/aromatic N) is 2. The predicted octanol–water partition coefficient (Wildman–Crippen LogP) is 4.53. The maximum atomic E-state index is 5.94. The summed E-state index contributed by atoms with van der Waals surface area (Å²) in [5.74, 6) is 1.15. The van der Waals surface area contributed by atoms with Crippen LogP contribution in [0.2, 0.25) is 5.02 Å². The first-order valence-electron chi connectivity index (χ1n) is 8.18. The van der Waals surface area contributed by atoms with Crippen molar-refractivity contribution in [2.45, 2.75) is 52.4 Å². The summed E-state index contributed by atoms with van der Waals surface area (Å²) in [5, 5.41) is 14.5. The molecule has 2 aromatic heterocycles. The smallest absolute Gasteiger partial charge is 0.0818 e. The lowest BCUT2D eigenvalue weighted by Crippen LogP contribution is -2.14. The summed E-state index contributed by atoms with van der Waals surface area (Å²) in [5.41, 5.74) is 2.33. The van der Waals surface area contributed by atoms with E-state index in [1.807, 2.05) is 6.20 Å². The van der Waals surface area contributed by atoms with Crippen LogP contribution in [0, 0.1) is 0 Å². The van der Waals surface area contributed by atoms with Gasteiger partial charge in [-0.1, -0.05) is 26.5 Å². The van der Waals surface area contributed by atoms with Crippen LogP contribution in [0.25, 0.3) is 0 Å². The molecule has 0 unspecified atom stereocenters. The molecule has 2 aromatic rings. The van der Waals surface area contributed by atoms with E-state index in [2.05, 4.69) is 26.5 Å². The van der Waals surface area contributed by atoms with Crippen LogP contribution < -0.4 is 0 Å². The van der Waals surface area contributed by atoms with Crippen LogP contribution in [-0.2, 0) is 9.47 Å². The Morgan fingerprint density at radius 2 is 1.48 bits per heavy atom. The average Bonchev–Trinajstić information content (AvgIpc) is 3.29. The van der Waals surface area contributed by atoms with Gasteiger partial charge in [-0.2, -0.15) is 10.2 Å². The molecule has 2 N–H and O–H groups in total. The van der Waals surface area contributed by atoms with E-state index in [1.165, 1.54) is 5.69 Å². The van der Waals surface area contributed by atoms with Gasteiger partial charge in [0.05, 0.1) is 16.9 Å². The number of H-pyrrole nitrogens is 2. The van der Waals surface area contributed by atoms with Crippen LogP contribution in [-0.4, -0.2) is 46.8 Å². The van der Waals surface area contributed by atoms with E-state index in [4.69, 9.17) is 21.1 Å². The van der Waals surface area contributed by atoms with Gasteiger partial charge in [-0.05, 0) is 31.7 Å². The largest absolute Gasteiger partial charge is 0.381 e. The Morgan fingerprint density at radius 3 is 1.96 bits per heavy atom. The number of aromatic nitrogens is 4. The van der Waals surface area contributed by atoms with Crippen molar-refractivity contribution in [2.24, 2.45) is 0 Å². The molecule has 0 radical (unpaired) electrons. The third-order valence-electron chi connectivity index (χ3n) is 4.43. The van der Waals surface area contributed by atoms with Crippen LogP contribution in [0.1, 0.15) is 63.8 Å². The number of rotatable bonds is 2. The highest BCUT2D eigenvalue weighted by Crippen LogP contribution is 2.29. The lowest BCUT2D eigenvalue weighted by atomic mass is 9.97. The average molecular weight is 371 g/mol. The van der Waals surface area contributed by atoms with E-state index in [1.54, 1.807) is 6.20 Å². The van der Waals surface area contributed by atoms with Crippen molar-refractivity contribution in [3.63, 3.8) is 0 Å². The molecule has 2 aliphatic rings. The summed E-state index contributed by atoms with van der Waals surface area (Å²) in [6.45, 7) is 3.45. The summed E-state index contributed by atoms with van der Waals surface area (Å²) >= 11 is 5.94. The predicted molar refractivity (Wildman–Crippen MR) is 101 cm³/mol. The second kappa shape index (κ2) is 11.3. The SMILES string of the molecule is C.C.Clc1cn[nH]c1C1CCOCC1.c1cc(C2CCOCC2)[nH]n1. The fourth-order valence-corrected chi connectivity index (χ4v) is 3.30. The topological polar surface area (TPSA) is 75.8 Å². The standard InChI is InChI=1S/C8H11ClN2O.C8H12N2O.2CH4/c9-7-5-10-11-8(7)6-1-3-12-4-2-6;1-4-9-10-8(1)7-2-5-11-6-3-7;;/h5-6H,1-4H2,(H,10,11);1,4,7H,2-3,5-6H2,(H,9,10);2*1H4. The first-order chi connectivity index (χ1) is 11.3. The normalized spacial score (nSPS) is 18.4. The van der Waals surface area contributed by atoms with Crippen LogP contribution in [0.3, 0.4) is 0 Å². The number of halogens is 1. The summed E-state index contributed by atoms with van der Waals surface area (Å²) in [6.07, 6.45) is 7.81. The fourth-order valence-electron chi connectivity index (χ4n) is 3.06. The van der Waals surface area contributed by atoms with Crippen molar-refractivity contribution in [3.05, 3.63) is 34.9 Å². The van der Waals surface area contributed by atoms with Gasteiger partial charge in [-0.15, -0.1) is 0 Å². The first kappa shape index (κ1) is 21.7. The molecule has 0 saturated carbocycles. The van der Waals surface area contributed by atoms with Crippen molar-refractivity contribution >= 4 is 11.6 Å². The number of hydrogen-bond acceptors (Lipinski definition) is 4. The molecule has 0 atom stereocenters. The molecule has 2 saturated heterocycles. The van der Waals surface area contributed by atoms with Crippen LogP contribution in [0.5, 0.6) is 0 Å². The molecule has 4 heterocycles. The van der Waals surface area contributed by atoms with Gasteiger partial charge in [0.1, 0.15) is 0 Å². The second-order valence-electron chi connectivity index (χ2n) is 5.92. The number of aromatic amines is 2. The van der Waals surface area contributed by atoms with Crippen molar-refractivity contribution in [1.29, 1.82) is 0 Å². The number of hydrogen-bond donors (Lipinski definition) is 2. The Labute approximate surface area is 155 Å². The van der Waals surface area contributed by atoms with E-state index in [0.29, 0.717) is 11.8 Å². The zero-order chi connectivity index (χ0) is 15.9. The zero-order valence-corrected chi connectivity index (χ0v) is 13.9. The Kier molecular flexibility index (Phi) is 9.78. The summed E-state index contributed by atoms with van der Waals surface area (Å²) in [6, 6.07) is 2.05. The van der Waals surface area contributed by atoms with Crippen LogP contribution in [0.15, 0.2) is 18.5 Å². The molecule has 25 heavy (non-hydrogen) atoms. The Hall–Kier alpha value is -1.37. The van der Waals surface area contributed by atoms with Gasteiger partial charge in [0.15, 0.2) is 0 Å². The molecule has 0 aromatic carbocycles. The van der Waals surface area contributed by atoms with E-state index in [9.17, 15) is 0 Å². The fraction of sp³-hybridized carbons (Fsp3) is 0.667. The minimum atomic E-state index is 0. The summed E-state index contributed by atoms with van der Waals surface area (Å²) in [7, 11) is 0. The molecule has 4 rings (SSSR count). The monoisotopic (exact) mass is 370 g/mol. The van der Waals surface area contributed by atoms with E-state index in [-0.39, 0.29) is 14.9 Å². The third kappa shape index (κ3) is 6.13. The maximum absolute atomic E-state index is 5.94. The minimum absolute atomic E-state index is 0. The molecular formula is C18H31ClN4O2. The van der Waals surface area contributed by atoms with E-state index >= 15 is 0 Å². The van der Waals surface area contributed by atoms with E-state index < -0.39 is 0 Å². The van der Waals surface area contributed by atoms with Crippen molar-refractivity contribution < 1.29 is 9.47 Å². The van der Waals surface area contributed by atoms with Gasteiger partial charge >= 0.3 is 0 Å². The maximum Gasteiger partial charge on any atom is 0.0818 e. The molecular weight excluding hydrogens is 340 g/mol. The van der Waals surface area contributed by atoms with Crippen LogP contribution >= 0.6 is 11.6 Å². The van der Waals surface area contributed by atoms with Gasteiger partial charge in [0, 0.05) is 50.2 Å². The van der Waals surface area contributed by atoms with Gasteiger partial charge in [0.25, 0.3) is 0 Å². The molecule has 6 nitrogen and oxygen atoms in total. The number of nitrogens with one attached hydrogen (secondary N) is 2. The molecule has 0 bridgehead atoms. The Morgan fingerprint density at radius 1 is 0.880 bits per heavy atom. The van der Waals surface area contributed by atoms with Crippen molar-refractivity contribution in [2.75, 3.05) is 26.4 Å². The first-order valence-corrected chi connectivity index (χ1v) is 8.56. The Balaban J connectivity index is 0.000000232. The highest BCUT2D eigenvalue weighted by molar-refractivity contribution is 6.31. The zero-order valence-electron chi connectivity index (χ0n) is 13.1. The van der Waals surface area contributed by atoms with Gasteiger partial charge in [-0.25, -0.2) is 0 Å². The molecule has 7 heteroatoms. The lowest BCUT2D eigenvalue weighted by Gasteiger charge is -2.20. The van der Waals surface area contributed by atoms with Crippen molar-refractivity contribution in [3.8, 4) is 0 Å². The summed E-state index contributed by atoms with van der Waals surface area (Å²) < 4.78 is 10.5. The molecule has 0 amide bonds. The highest BCUT2D eigenvalue weighted by atomic mass is 35.5. The number of ether oxygens (including phenoxy) is 2. The quantitative estimate of drug-likeness (QED) is 0.814. The second-order valence-corrected chi connectivity index (χ2v) is 6.32. The van der Waals surface area contributed by atoms with Crippen LogP contribution in [0.4, 0.5) is 0 Å². The molecule has 0 spiro atoms. The molecule has 2 aliphatic heterocycles. The Bertz CT molecular complexity index is 561. The molecule has 0 aliphatic carbocycles. The minimum Gasteiger partial charge on any atom is -0.381 e. The van der Waals surface area contributed by atoms with E-state index in [0.717, 1.165) is 62.8 Å². The lowest BCUT2D eigenvalue weighted by molar-refractivity contribution is 0.0844. The van der Waals surface area contributed by atoms with Gasteiger partial charge in [0.2, 0.25) is 0 Å².